The molecule has 0 bridgehead atoms. The third kappa shape index (κ3) is 2.03. The number of nitrogen functional groups attached to an aromatic ring is 1. The molecule has 0 spiro atoms. The SMILES string of the molecule is Nc1ccccc1Oc1ccccc1C=O. The fourth-order valence-corrected chi connectivity index (χ4v) is 1.36. The standard InChI is InChI=1S/C13H11NO2/c14-11-6-2-4-8-13(11)16-12-7-3-1-5-10(12)9-15/h1-9H,14H2. The molecule has 0 aromatic heterocycles. The van der Waals surface area contributed by atoms with Gasteiger partial charge in [0, 0.05) is 0 Å². The van der Waals surface area contributed by atoms with Gasteiger partial charge in [-0.1, -0.05) is 24.3 Å². The van der Waals surface area contributed by atoms with Gasteiger partial charge < -0.3 is 10.5 Å². The Morgan fingerprint density at radius 2 is 1.56 bits per heavy atom. The van der Waals surface area contributed by atoms with Crippen molar-refractivity contribution in [2.75, 3.05) is 5.73 Å². The second kappa shape index (κ2) is 4.49. The predicted molar refractivity (Wildman–Crippen MR) is 62.8 cm³/mol. The largest absolute Gasteiger partial charge is 0.454 e. The highest BCUT2D eigenvalue weighted by Gasteiger charge is 2.04. The zero-order valence-corrected chi connectivity index (χ0v) is 8.59. The number of hydrogen-bond acceptors (Lipinski definition) is 3. The van der Waals surface area contributed by atoms with Gasteiger partial charge in [-0.2, -0.15) is 0 Å². The Morgan fingerprint density at radius 3 is 2.25 bits per heavy atom. The van der Waals surface area contributed by atoms with Crippen molar-refractivity contribution in [1.29, 1.82) is 0 Å². The van der Waals surface area contributed by atoms with Crippen LogP contribution in [-0.4, -0.2) is 6.29 Å². The quantitative estimate of drug-likeness (QED) is 0.630. The van der Waals surface area contributed by atoms with E-state index >= 15 is 0 Å². The van der Waals surface area contributed by atoms with Crippen LogP contribution in [0.3, 0.4) is 0 Å². The Bertz CT molecular complexity index is 509. The molecule has 2 aromatic rings. The molecule has 0 saturated heterocycles. The third-order valence-corrected chi connectivity index (χ3v) is 2.18. The van der Waals surface area contributed by atoms with E-state index in [1.807, 2.05) is 18.2 Å². The number of rotatable bonds is 3. The first-order chi connectivity index (χ1) is 7.81. The predicted octanol–water partition coefficient (Wildman–Crippen LogP) is 2.87. The summed E-state index contributed by atoms with van der Waals surface area (Å²) in [5.74, 6) is 1.06. The molecule has 16 heavy (non-hydrogen) atoms. The first-order valence-electron chi connectivity index (χ1n) is 4.88. The van der Waals surface area contributed by atoms with Crippen LogP contribution < -0.4 is 10.5 Å². The number of carbonyl (C=O) groups is 1. The Kier molecular flexibility index (Phi) is 2.87. The topological polar surface area (TPSA) is 52.3 Å². The van der Waals surface area contributed by atoms with Crippen molar-refractivity contribution in [3.05, 3.63) is 54.1 Å². The molecule has 0 radical (unpaired) electrons. The summed E-state index contributed by atoms with van der Waals surface area (Å²) >= 11 is 0. The minimum absolute atomic E-state index is 0.505. The molecule has 3 nitrogen and oxygen atoms in total. The summed E-state index contributed by atoms with van der Waals surface area (Å²) in [5, 5.41) is 0. The Balaban J connectivity index is 2.34. The van der Waals surface area contributed by atoms with Gasteiger partial charge >= 0.3 is 0 Å². The van der Waals surface area contributed by atoms with E-state index in [0.717, 1.165) is 6.29 Å². The molecule has 80 valence electrons. The molecular formula is C13H11NO2. The monoisotopic (exact) mass is 213 g/mol. The number of para-hydroxylation sites is 3. The molecule has 0 aliphatic carbocycles. The number of anilines is 1. The highest BCUT2D eigenvalue weighted by atomic mass is 16.5. The lowest BCUT2D eigenvalue weighted by atomic mass is 10.2. The van der Waals surface area contributed by atoms with Crippen LogP contribution in [0.25, 0.3) is 0 Å². The van der Waals surface area contributed by atoms with Crippen molar-refractivity contribution >= 4 is 12.0 Å². The van der Waals surface area contributed by atoms with Crippen molar-refractivity contribution < 1.29 is 9.53 Å². The van der Waals surface area contributed by atoms with Gasteiger partial charge in [0.15, 0.2) is 6.29 Å². The molecule has 0 unspecified atom stereocenters. The van der Waals surface area contributed by atoms with Crippen LogP contribution in [0.1, 0.15) is 10.4 Å². The number of aldehydes is 1. The van der Waals surface area contributed by atoms with Crippen LogP contribution >= 0.6 is 0 Å². The third-order valence-electron chi connectivity index (χ3n) is 2.18. The van der Waals surface area contributed by atoms with E-state index in [9.17, 15) is 4.79 Å². The highest BCUT2D eigenvalue weighted by Crippen LogP contribution is 2.28. The van der Waals surface area contributed by atoms with Gasteiger partial charge in [-0.3, -0.25) is 4.79 Å². The number of hydrogen-bond donors (Lipinski definition) is 1. The number of carbonyl (C=O) groups excluding carboxylic acids is 1. The van der Waals surface area contributed by atoms with Crippen molar-refractivity contribution in [2.24, 2.45) is 0 Å². The maximum absolute atomic E-state index is 10.8. The molecule has 0 atom stereocenters. The van der Waals surface area contributed by atoms with Gasteiger partial charge in [0.2, 0.25) is 0 Å². The lowest BCUT2D eigenvalue weighted by Crippen LogP contribution is -1.93. The molecule has 0 fully saturated rings. The van der Waals surface area contributed by atoms with Crippen LogP contribution in [0.15, 0.2) is 48.5 Å². The fourth-order valence-electron chi connectivity index (χ4n) is 1.36. The van der Waals surface area contributed by atoms with Crippen LogP contribution in [0.4, 0.5) is 5.69 Å². The highest BCUT2D eigenvalue weighted by molar-refractivity contribution is 5.79. The van der Waals surface area contributed by atoms with Gasteiger partial charge in [0.1, 0.15) is 11.5 Å². The molecule has 0 aliphatic heterocycles. The first kappa shape index (κ1) is 10.2. The summed E-state index contributed by atoms with van der Waals surface area (Å²) in [6.07, 6.45) is 0.758. The second-order valence-corrected chi connectivity index (χ2v) is 3.30. The second-order valence-electron chi connectivity index (χ2n) is 3.30. The van der Waals surface area contributed by atoms with E-state index in [0.29, 0.717) is 22.7 Å². The van der Waals surface area contributed by atoms with E-state index < -0.39 is 0 Å². The van der Waals surface area contributed by atoms with Crippen molar-refractivity contribution in [2.45, 2.75) is 0 Å². The number of ether oxygens (including phenoxy) is 1. The molecule has 2 N–H and O–H groups in total. The van der Waals surface area contributed by atoms with Crippen molar-refractivity contribution in [3.63, 3.8) is 0 Å². The van der Waals surface area contributed by atoms with Gasteiger partial charge in [-0.15, -0.1) is 0 Å². The number of benzene rings is 2. The van der Waals surface area contributed by atoms with Crippen molar-refractivity contribution in [3.8, 4) is 11.5 Å². The van der Waals surface area contributed by atoms with Crippen molar-refractivity contribution in [1.82, 2.24) is 0 Å². The van der Waals surface area contributed by atoms with Crippen LogP contribution in [0.5, 0.6) is 11.5 Å². The van der Waals surface area contributed by atoms with E-state index in [-0.39, 0.29) is 0 Å². The summed E-state index contributed by atoms with van der Waals surface area (Å²) in [6.45, 7) is 0. The summed E-state index contributed by atoms with van der Waals surface area (Å²) < 4.78 is 5.57. The van der Waals surface area contributed by atoms with E-state index in [2.05, 4.69) is 0 Å². The lowest BCUT2D eigenvalue weighted by molar-refractivity contribution is 0.112. The average molecular weight is 213 g/mol. The molecule has 2 aromatic carbocycles. The zero-order valence-electron chi connectivity index (χ0n) is 8.59. The molecule has 0 aliphatic rings. The summed E-state index contributed by atoms with van der Waals surface area (Å²) in [4.78, 5) is 10.8. The Hall–Kier alpha value is -2.29. The molecule has 0 saturated carbocycles. The average Bonchev–Trinajstić information content (AvgIpc) is 2.33. The first-order valence-corrected chi connectivity index (χ1v) is 4.88. The zero-order chi connectivity index (χ0) is 11.4. The Labute approximate surface area is 93.5 Å². The maximum Gasteiger partial charge on any atom is 0.153 e. The molecule has 0 amide bonds. The van der Waals surface area contributed by atoms with E-state index in [1.165, 1.54) is 0 Å². The summed E-state index contributed by atoms with van der Waals surface area (Å²) in [7, 11) is 0. The molecule has 3 heteroatoms. The maximum atomic E-state index is 10.8. The summed E-state index contributed by atoms with van der Waals surface area (Å²) in [6, 6.07) is 14.2. The van der Waals surface area contributed by atoms with Gasteiger partial charge in [0.05, 0.1) is 11.3 Å². The van der Waals surface area contributed by atoms with E-state index in [4.69, 9.17) is 10.5 Å². The molecular weight excluding hydrogens is 202 g/mol. The minimum atomic E-state index is 0.505. The van der Waals surface area contributed by atoms with Gasteiger partial charge in [-0.05, 0) is 24.3 Å². The fraction of sp³-hybridized carbons (Fsp3) is 0. The molecule has 2 rings (SSSR count). The van der Waals surface area contributed by atoms with Gasteiger partial charge in [0.25, 0.3) is 0 Å². The lowest BCUT2D eigenvalue weighted by Gasteiger charge is -2.09. The van der Waals surface area contributed by atoms with E-state index in [1.54, 1.807) is 30.3 Å². The normalized spacial score (nSPS) is 9.75. The molecule has 0 heterocycles. The van der Waals surface area contributed by atoms with Gasteiger partial charge in [-0.25, -0.2) is 0 Å². The van der Waals surface area contributed by atoms with Crippen LogP contribution in [-0.2, 0) is 0 Å². The summed E-state index contributed by atoms with van der Waals surface area (Å²) in [5.41, 5.74) is 6.80. The van der Waals surface area contributed by atoms with Crippen LogP contribution in [0.2, 0.25) is 0 Å². The number of nitrogens with two attached hydrogens (primary N) is 1. The smallest absolute Gasteiger partial charge is 0.153 e. The van der Waals surface area contributed by atoms with Crippen LogP contribution in [0, 0.1) is 0 Å². The Morgan fingerprint density at radius 1 is 0.938 bits per heavy atom. The minimum Gasteiger partial charge on any atom is -0.454 e.